The lowest BCUT2D eigenvalue weighted by molar-refractivity contribution is -0.148. The predicted molar refractivity (Wildman–Crippen MR) is 451 cm³/mol. The Balaban J connectivity index is 0.525. The second kappa shape index (κ2) is 43.3. The third-order valence-electron chi connectivity index (χ3n) is 27.4. The summed E-state index contributed by atoms with van der Waals surface area (Å²) in [5.74, 6) is -15.8. The van der Waals surface area contributed by atoms with Crippen molar-refractivity contribution in [1.82, 2.24) is 107 Å². The molecule has 13 heterocycles. The molecule has 13 fully saturated rings. The van der Waals surface area contributed by atoms with E-state index in [2.05, 4.69) is 60.5 Å². The lowest BCUT2D eigenvalue weighted by atomic mass is 10.1. The highest BCUT2D eigenvalue weighted by molar-refractivity contribution is 7.80. The SMILES string of the molecule is O=C(O)CNC(=O)[C@@H]1CCCN1C(=O)[C@@H]1C[C@@H](O)CN1C(=O)CNC(=O)[C@@H]1CCCN1C(=O)[C@@H]1C[C@@H](O)CN1C(=O)CNC(=O)[C@@H]1CCCN1C(=O)[C@@H]1C[C@@H](O)CN1C(=O)CNC(=O)[C@@H]1CCCN1C(=O)[C@H](CS)NC(=O)CNC(=O)[C@@H]1CCCN1C(=O)[C@@H]1C[C@@H](O)CN1C(=O)CNC(=O)[C@@H]1CCCN1C(=O)[C@@H]1C[C@@H](O)CN1C(=O)CNC(=O)[C@@H]1CCCN1C(=O)[C@@H]1C[C@@H](O)CN1. The zero-order valence-electron chi connectivity index (χ0n) is 73.1. The minimum absolute atomic E-state index is 0.0311. The smallest absolute Gasteiger partial charge is 0.322 e. The number of hydrogen-bond acceptors (Lipinski definition) is 29. The van der Waals surface area contributed by atoms with E-state index >= 15 is 0 Å². The quantitative estimate of drug-likeness (QED) is 0.0297. The average molecular weight is 1880 g/mol. The van der Waals surface area contributed by atoms with E-state index in [1.54, 1.807) is 0 Å². The zero-order valence-corrected chi connectivity index (χ0v) is 74.0. The van der Waals surface area contributed by atoms with Gasteiger partial charge in [-0.05, 0) is 96.3 Å². The van der Waals surface area contributed by atoms with E-state index in [1.807, 2.05) is 0 Å². The molecule has 50 heteroatoms. The molecular weight excluding hydrogens is 1760 g/mol. The number of amides is 20. The fourth-order valence-electron chi connectivity index (χ4n) is 20.9. The van der Waals surface area contributed by atoms with E-state index in [0.29, 0.717) is 57.9 Å². The van der Waals surface area contributed by atoms with Gasteiger partial charge in [0.15, 0.2) is 0 Å². The van der Waals surface area contributed by atoms with E-state index in [0.717, 1.165) is 24.5 Å². The first kappa shape index (κ1) is 98.4. The van der Waals surface area contributed by atoms with Crippen LogP contribution in [-0.4, -0.2) is 477 Å². The number of aliphatic hydroxyl groups is 6. The summed E-state index contributed by atoms with van der Waals surface area (Å²) in [6.45, 7) is -5.21. The first-order valence-corrected chi connectivity index (χ1v) is 46.1. The monoisotopic (exact) mass is 1880 g/mol. The summed E-state index contributed by atoms with van der Waals surface area (Å²) in [5.41, 5.74) is 0. The molecule has 726 valence electrons. The number of aliphatic carboxylic acids is 1. The molecule has 13 saturated heterocycles. The predicted octanol–water partition coefficient (Wildman–Crippen LogP) is -13.2. The lowest BCUT2D eigenvalue weighted by Gasteiger charge is -2.32. The van der Waals surface area contributed by atoms with Gasteiger partial charge in [-0.2, -0.15) is 12.6 Å². The molecule has 13 aliphatic rings. The Morgan fingerprint density at radius 3 is 0.742 bits per heavy atom. The van der Waals surface area contributed by atoms with Crippen molar-refractivity contribution in [3.8, 4) is 0 Å². The normalized spacial score (nSPS) is 30.0. The number of aliphatic hydroxyl groups excluding tert-OH is 6. The standard InChI is InChI=1S/C82H119N21O28S/c104-42-22-48(83-28-42)76(125)92-15-1-8-50(92)70(119)85-30-63(111)100-37-44(106)24-58(100)79(128)95-18-4-11-53(95)72(121)87-32-65(113)99-36-43(105)23-57(99)78(127)94-17-3-10-52(94)69(118)84-29-62(110)91-49(41-132)77(126)93-16-2-9-51(93)71(120)86-31-64(112)101-38-45(107)25-59(101)80(129)96-19-5-12-54(96)73(122)88-33-66(114)102-39-46(108)26-60(102)81(130)97-20-6-13-55(97)74(123)89-34-67(115)103-40-47(109)27-61(103)82(131)98-21-7-14-56(98)75(124)90-35-68(116)117/h42-61,83,104-109,132H,1-41H2,(H,84,118)(H,85,119)(H,86,120)(H,87,121)(H,88,122)(H,89,123)(H,90,124)(H,91,110)(H,116,117)/t42-,43-,44-,45-,46-,47-,48+,49+,50+,51+,52+,53+,54+,55+,56+,57+,58+,59+,60+,61+/m1/s1. The molecule has 0 aromatic rings. The maximum absolute atomic E-state index is 14.4. The topological polar surface area (TPSA) is 647 Å². The molecule has 0 unspecified atom stereocenters. The van der Waals surface area contributed by atoms with Crippen LogP contribution in [0.2, 0.25) is 0 Å². The van der Waals surface area contributed by atoms with Crippen LogP contribution < -0.4 is 47.9 Å². The number of carboxylic acid groups (broad SMARTS) is 1. The first-order chi connectivity index (χ1) is 63.0. The van der Waals surface area contributed by atoms with Gasteiger partial charge in [0.1, 0.15) is 85.1 Å². The van der Waals surface area contributed by atoms with Crippen LogP contribution in [0.25, 0.3) is 0 Å². The number of carbonyl (C=O) groups is 21. The van der Waals surface area contributed by atoms with Gasteiger partial charge in [0.2, 0.25) is 118 Å². The molecule has 20 atom stereocenters. The molecule has 0 saturated carbocycles. The van der Waals surface area contributed by atoms with Crippen molar-refractivity contribution in [2.24, 2.45) is 0 Å². The Bertz CT molecular complexity index is 4500. The fraction of sp³-hybridized carbons (Fsp3) is 0.744. The number of hydrogen-bond donors (Lipinski definition) is 17. The van der Waals surface area contributed by atoms with E-state index in [9.17, 15) is 131 Å². The first-order valence-electron chi connectivity index (χ1n) is 45.5. The Morgan fingerprint density at radius 1 is 0.280 bits per heavy atom. The van der Waals surface area contributed by atoms with Crippen molar-refractivity contribution >= 4 is 137 Å². The number of likely N-dealkylation sites (tertiary alicyclic amines) is 12. The van der Waals surface area contributed by atoms with Crippen LogP contribution >= 0.6 is 12.6 Å². The minimum Gasteiger partial charge on any atom is -0.480 e. The van der Waals surface area contributed by atoms with Crippen molar-refractivity contribution in [3.05, 3.63) is 0 Å². The molecule has 0 spiro atoms. The van der Waals surface area contributed by atoms with Crippen molar-refractivity contribution in [2.75, 3.05) is 137 Å². The average Bonchev–Trinajstić information content (AvgIpc) is 1.65. The molecule has 49 nitrogen and oxygen atoms in total. The Labute approximate surface area is 762 Å². The van der Waals surface area contributed by atoms with Gasteiger partial charge in [-0.15, -0.1) is 0 Å². The fourth-order valence-corrected chi connectivity index (χ4v) is 21.2. The van der Waals surface area contributed by atoms with Gasteiger partial charge < -0.3 is 142 Å². The van der Waals surface area contributed by atoms with Gasteiger partial charge in [-0.3, -0.25) is 101 Å². The van der Waals surface area contributed by atoms with Crippen LogP contribution in [0, 0.1) is 0 Å². The molecule has 0 aliphatic carbocycles. The number of β-amino-alcohol motifs (C(OH)–C–C–N with tert-alkyl or cyclic N) is 6. The highest BCUT2D eigenvalue weighted by Gasteiger charge is 2.53. The summed E-state index contributed by atoms with van der Waals surface area (Å²) in [7, 11) is 0. The second-order valence-electron chi connectivity index (χ2n) is 36.2. The maximum atomic E-state index is 14.4. The van der Waals surface area contributed by atoms with Crippen LogP contribution in [0.5, 0.6) is 0 Å². The Hall–Kier alpha value is -11.1. The van der Waals surface area contributed by atoms with Gasteiger partial charge in [-0.1, -0.05) is 0 Å². The van der Waals surface area contributed by atoms with E-state index in [4.69, 9.17) is 5.11 Å². The number of rotatable bonds is 30. The Morgan fingerprint density at radius 2 is 0.508 bits per heavy atom. The van der Waals surface area contributed by atoms with E-state index in [-0.39, 0.29) is 167 Å². The van der Waals surface area contributed by atoms with Gasteiger partial charge in [-0.25, -0.2) is 0 Å². The summed E-state index contributed by atoms with van der Waals surface area (Å²) >= 11 is 4.30. The van der Waals surface area contributed by atoms with Crippen molar-refractivity contribution < 1.29 is 136 Å². The minimum atomic E-state index is -1.35. The third-order valence-corrected chi connectivity index (χ3v) is 27.8. The molecule has 0 aromatic heterocycles. The summed E-state index contributed by atoms with van der Waals surface area (Å²) < 4.78 is 0. The number of nitrogens with zero attached hydrogens (tertiary/aromatic N) is 12. The van der Waals surface area contributed by atoms with Gasteiger partial charge in [0.05, 0.1) is 81.9 Å². The van der Waals surface area contributed by atoms with E-state index < -0.39 is 285 Å². The van der Waals surface area contributed by atoms with Gasteiger partial charge in [0, 0.05) is 123 Å². The number of carbonyl (C=O) groups excluding carboxylic acids is 20. The summed E-state index contributed by atoms with van der Waals surface area (Å²) in [6, 6.07) is -15.9. The summed E-state index contributed by atoms with van der Waals surface area (Å²) in [5, 5.41) is 95.7. The van der Waals surface area contributed by atoms with E-state index in [1.165, 1.54) is 34.3 Å². The lowest BCUT2D eigenvalue weighted by Crippen LogP contribution is -2.57. The van der Waals surface area contributed by atoms with Crippen LogP contribution in [0.4, 0.5) is 0 Å². The van der Waals surface area contributed by atoms with Gasteiger partial charge in [0.25, 0.3) is 0 Å². The molecule has 132 heavy (non-hydrogen) atoms. The van der Waals surface area contributed by atoms with Crippen LogP contribution in [-0.2, 0) is 101 Å². The highest BCUT2D eigenvalue weighted by Crippen LogP contribution is 2.34. The number of nitrogens with one attached hydrogen (secondary N) is 9. The molecule has 0 bridgehead atoms. The molecule has 20 amide bonds. The highest BCUT2D eigenvalue weighted by atomic mass is 32.1. The third kappa shape index (κ3) is 22.2. The molecular formula is C82H119N21O28S. The maximum Gasteiger partial charge on any atom is 0.322 e. The molecule has 0 aromatic carbocycles. The molecule has 13 aliphatic heterocycles. The van der Waals surface area contributed by atoms with Gasteiger partial charge >= 0.3 is 5.97 Å². The molecule has 16 N–H and O–H groups in total. The summed E-state index contributed by atoms with van der Waals surface area (Å²) in [6.07, 6.45) is -3.49. The second-order valence-corrected chi connectivity index (χ2v) is 36.5. The van der Waals surface area contributed by atoms with Crippen LogP contribution in [0.3, 0.4) is 0 Å². The molecule has 13 rings (SSSR count). The van der Waals surface area contributed by atoms with Crippen molar-refractivity contribution in [1.29, 1.82) is 0 Å². The number of thiol groups is 1. The van der Waals surface area contributed by atoms with Crippen molar-refractivity contribution in [3.63, 3.8) is 0 Å². The van der Waals surface area contributed by atoms with Crippen LogP contribution in [0.1, 0.15) is 128 Å². The van der Waals surface area contributed by atoms with Crippen molar-refractivity contribution in [2.45, 2.75) is 250 Å². The number of carboxylic acids is 1. The van der Waals surface area contributed by atoms with Crippen LogP contribution in [0.15, 0.2) is 0 Å². The summed E-state index contributed by atoms with van der Waals surface area (Å²) in [4.78, 5) is 302. The molecule has 0 radical (unpaired) electrons. The Kier molecular flexibility index (Phi) is 32.3. The zero-order chi connectivity index (χ0) is 95.0. The largest absolute Gasteiger partial charge is 0.480 e.